The summed E-state index contributed by atoms with van der Waals surface area (Å²) in [7, 11) is 1.90. The van der Waals surface area contributed by atoms with Crippen molar-refractivity contribution in [3.63, 3.8) is 0 Å². The van der Waals surface area contributed by atoms with E-state index < -0.39 is 0 Å². The van der Waals surface area contributed by atoms with Gasteiger partial charge < -0.3 is 19.9 Å². The Bertz CT molecular complexity index is 496. The van der Waals surface area contributed by atoms with Gasteiger partial charge in [0.15, 0.2) is 0 Å². The molecule has 2 aliphatic rings. The molecule has 0 saturated carbocycles. The Morgan fingerprint density at radius 3 is 2.71 bits per heavy atom. The first-order valence-corrected chi connectivity index (χ1v) is 7.62. The van der Waals surface area contributed by atoms with Crippen molar-refractivity contribution in [2.24, 2.45) is 5.92 Å². The lowest BCUT2D eigenvalue weighted by Crippen LogP contribution is -2.51. The van der Waals surface area contributed by atoms with Gasteiger partial charge >= 0.3 is 0 Å². The van der Waals surface area contributed by atoms with Crippen molar-refractivity contribution in [2.45, 2.75) is 6.54 Å². The van der Waals surface area contributed by atoms with E-state index in [4.69, 9.17) is 4.74 Å². The molecule has 1 amide bonds. The van der Waals surface area contributed by atoms with Crippen LogP contribution in [-0.2, 0) is 16.1 Å². The molecule has 0 aromatic heterocycles. The minimum Gasteiger partial charge on any atom is -0.378 e. The molecule has 21 heavy (non-hydrogen) atoms. The smallest absolute Gasteiger partial charge is 0.228 e. The van der Waals surface area contributed by atoms with Crippen LogP contribution in [0.25, 0.3) is 0 Å². The molecule has 1 aromatic carbocycles. The molecule has 3 rings (SSSR count). The highest BCUT2D eigenvalue weighted by Crippen LogP contribution is 2.23. The summed E-state index contributed by atoms with van der Waals surface area (Å²) in [5, 5.41) is 3.15. The Morgan fingerprint density at radius 2 is 2.05 bits per heavy atom. The second-order valence-electron chi connectivity index (χ2n) is 5.78. The quantitative estimate of drug-likeness (QED) is 0.886. The molecule has 2 fully saturated rings. The highest BCUT2D eigenvalue weighted by Gasteiger charge is 2.28. The Labute approximate surface area is 125 Å². The van der Waals surface area contributed by atoms with E-state index in [-0.39, 0.29) is 11.8 Å². The van der Waals surface area contributed by atoms with Gasteiger partial charge in [-0.2, -0.15) is 0 Å². The molecular weight excluding hydrogens is 266 g/mol. The largest absolute Gasteiger partial charge is 0.378 e. The SMILES string of the molecule is CN(Cc1ccccc1N1CCOCC1)C(=O)C1CNC1. The number of carbonyl (C=O) groups is 1. The summed E-state index contributed by atoms with van der Waals surface area (Å²) in [5.41, 5.74) is 2.44. The third-order valence-corrected chi connectivity index (χ3v) is 4.26. The number of nitrogens with zero attached hydrogens (tertiary/aromatic N) is 2. The molecule has 1 N–H and O–H groups in total. The first-order valence-electron chi connectivity index (χ1n) is 7.62. The molecule has 0 bridgehead atoms. The molecule has 0 aliphatic carbocycles. The molecule has 0 radical (unpaired) electrons. The summed E-state index contributed by atoms with van der Waals surface area (Å²) < 4.78 is 5.42. The third kappa shape index (κ3) is 3.19. The average Bonchev–Trinajstić information content (AvgIpc) is 2.47. The fraction of sp³-hybridized carbons (Fsp3) is 0.562. The molecule has 0 unspecified atom stereocenters. The van der Waals surface area contributed by atoms with Gasteiger partial charge in [-0.25, -0.2) is 0 Å². The number of anilines is 1. The second-order valence-corrected chi connectivity index (χ2v) is 5.78. The zero-order valence-corrected chi connectivity index (χ0v) is 12.5. The Morgan fingerprint density at radius 1 is 1.33 bits per heavy atom. The summed E-state index contributed by atoms with van der Waals surface area (Å²) in [4.78, 5) is 16.5. The fourth-order valence-electron chi connectivity index (χ4n) is 2.87. The van der Waals surface area contributed by atoms with Crippen LogP contribution in [0.1, 0.15) is 5.56 Å². The van der Waals surface area contributed by atoms with E-state index in [9.17, 15) is 4.79 Å². The number of amides is 1. The van der Waals surface area contributed by atoms with Gasteiger partial charge in [-0.3, -0.25) is 4.79 Å². The van der Waals surface area contributed by atoms with E-state index in [0.29, 0.717) is 6.54 Å². The molecule has 0 atom stereocenters. The van der Waals surface area contributed by atoms with Crippen LogP contribution >= 0.6 is 0 Å². The normalized spacial score (nSPS) is 19.2. The van der Waals surface area contributed by atoms with E-state index in [2.05, 4.69) is 28.4 Å². The predicted molar refractivity (Wildman–Crippen MR) is 82.3 cm³/mol. The Hall–Kier alpha value is -1.59. The number of para-hydroxylation sites is 1. The van der Waals surface area contributed by atoms with Gasteiger partial charge in [-0.1, -0.05) is 18.2 Å². The van der Waals surface area contributed by atoms with Crippen LogP contribution in [0, 0.1) is 5.92 Å². The van der Waals surface area contributed by atoms with Crippen LogP contribution in [0.5, 0.6) is 0 Å². The number of benzene rings is 1. The second kappa shape index (κ2) is 6.45. The van der Waals surface area contributed by atoms with Gasteiger partial charge in [-0.05, 0) is 11.6 Å². The number of rotatable bonds is 4. The summed E-state index contributed by atoms with van der Waals surface area (Å²) in [5.74, 6) is 0.399. The lowest BCUT2D eigenvalue weighted by molar-refractivity contribution is -0.136. The van der Waals surface area contributed by atoms with Crippen molar-refractivity contribution in [2.75, 3.05) is 51.3 Å². The van der Waals surface area contributed by atoms with Gasteiger partial charge in [0.2, 0.25) is 5.91 Å². The molecule has 2 heterocycles. The van der Waals surface area contributed by atoms with Crippen LogP contribution in [-0.4, -0.2) is 57.2 Å². The summed E-state index contributed by atoms with van der Waals surface area (Å²) in [6, 6.07) is 8.37. The maximum absolute atomic E-state index is 12.3. The van der Waals surface area contributed by atoms with Crippen molar-refractivity contribution < 1.29 is 9.53 Å². The number of nitrogens with one attached hydrogen (secondary N) is 1. The Balaban J connectivity index is 1.70. The standard InChI is InChI=1S/C16H23N3O2/c1-18(16(20)14-10-17-11-14)12-13-4-2-3-5-15(13)19-6-8-21-9-7-19/h2-5,14,17H,6-12H2,1H3. The first kappa shape index (κ1) is 14.4. The molecule has 0 spiro atoms. The highest BCUT2D eigenvalue weighted by atomic mass is 16.5. The molecule has 1 aromatic rings. The van der Waals surface area contributed by atoms with Gasteiger partial charge in [0.1, 0.15) is 0 Å². The Kier molecular flexibility index (Phi) is 4.41. The zero-order valence-electron chi connectivity index (χ0n) is 12.5. The number of ether oxygens (including phenoxy) is 1. The van der Waals surface area contributed by atoms with Crippen LogP contribution in [0.4, 0.5) is 5.69 Å². The van der Waals surface area contributed by atoms with E-state index in [1.165, 1.54) is 11.3 Å². The molecule has 5 heteroatoms. The summed E-state index contributed by atoms with van der Waals surface area (Å²) in [6.07, 6.45) is 0. The number of morpholine rings is 1. The van der Waals surface area contributed by atoms with E-state index in [1.54, 1.807) is 0 Å². The summed E-state index contributed by atoms with van der Waals surface area (Å²) >= 11 is 0. The molecule has 2 aliphatic heterocycles. The van der Waals surface area contributed by atoms with E-state index in [1.807, 2.05) is 18.0 Å². The lowest BCUT2D eigenvalue weighted by Gasteiger charge is -2.33. The van der Waals surface area contributed by atoms with Gasteiger partial charge in [0.25, 0.3) is 0 Å². The topological polar surface area (TPSA) is 44.8 Å². The van der Waals surface area contributed by atoms with Gasteiger partial charge in [-0.15, -0.1) is 0 Å². The van der Waals surface area contributed by atoms with Crippen LogP contribution < -0.4 is 10.2 Å². The van der Waals surface area contributed by atoms with Crippen molar-refractivity contribution in [1.82, 2.24) is 10.2 Å². The zero-order chi connectivity index (χ0) is 14.7. The van der Waals surface area contributed by atoms with Crippen molar-refractivity contribution in [1.29, 1.82) is 0 Å². The van der Waals surface area contributed by atoms with Gasteiger partial charge in [0, 0.05) is 45.5 Å². The number of carbonyl (C=O) groups excluding carboxylic acids is 1. The summed E-state index contributed by atoms with van der Waals surface area (Å²) in [6.45, 7) is 5.68. The molecular formula is C16H23N3O2. The maximum atomic E-state index is 12.3. The number of hydrogen-bond donors (Lipinski definition) is 1. The fourth-order valence-corrected chi connectivity index (χ4v) is 2.87. The molecule has 114 valence electrons. The van der Waals surface area contributed by atoms with Gasteiger partial charge in [0.05, 0.1) is 19.1 Å². The number of hydrogen-bond acceptors (Lipinski definition) is 4. The van der Waals surface area contributed by atoms with Crippen LogP contribution in [0.3, 0.4) is 0 Å². The maximum Gasteiger partial charge on any atom is 0.228 e. The highest BCUT2D eigenvalue weighted by molar-refractivity contribution is 5.80. The molecule has 2 saturated heterocycles. The first-order chi connectivity index (χ1) is 10.3. The lowest BCUT2D eigenvalue weighted by atomic mass is 10.0. The third-order valence-electron chi connectivity index (χ3n) is 4.26. The monoisotopic (exact) mass is 289 g/mol. The van der Waals surface area contributed by atoms with Crippen molar-refractivity contribution in [3.05, 3.63) is 29.8 Å². The minimum absolute atomic E-state index is 0.158. The predicted octanol–water partition coefficient (Wildman–Crippen LogP) is 0.701. The van der Waals surface area contributed by atoms with Crippen LogP contribution in [0.15, 0.2) is 24.3 Å². The van der Waals surface area contributed by atoms with Crippen molar-refractivity contribution >= 4 is 11.6 Å². The van der Waals surface area contributed by atoms with Crippen molar-refractivity contribution in [3.8, 4) is 0 Å². The van der Waals surface area contributed by atoms with Crippen LogP contribution in [0.2, 0.25) is 0 Å². The van der Waals surface area contributed by atoms with E-state index >= 15 is 0 Å². The average molecular weight is 289 g/mol. The minimum atomic E-state index is 0.158. The molecule has 5 nitrogen and oxygen atoms in total. The van der Waals surface area contributed by atoms with E-state index in [0.717, 1.165) is 39.4 Å².